The van der Waals surface area contributed by atoms with Gasteiger partial charge in [0.25, 0.3) is 0 Å². The number of hydrogen-bond donors (Lipinski definition) is 1. The Hall–Kier alpha value is -0.940. The molecule has 0 aliphatic carbocycles. The van der Waals surface area contributed by atoms with Crippen LogP contribution in [0.2, 0.25) is 0 Å². The zero-order valence-electron chi connectivity index (χ0n) is 13.2. The lowest BCUT2D eigenvalue weighted by molar-refractivity contribution is 0.0898. The molecule has 1 saturated heterocycles. The van der Waals surface area contributed by atoms with Crippen LogP contribution >= 0.6 is 23.7 Å². The van der Waals surface area contributed by atoms with Gasteiger partial charge in [0.05, 0.1) is 11.4 Å². The number of aromatic nitrogens is 1. The van der Waals surface area contributed by atoms with E-state index in [1.54, 1.807) is 11.3 Å². The fourth-order valence-electron chi connectivity index (χ4n) is 2.93. The number of nitrogens with two attached hydrogens (primary N) is 1. The molecule has 3 nitrogen and oxygen atoms in total. The van der Waals surface area contributed by atoms with Crippen molar-refractivity contribution in [2.45, 2.75) is 32.9 Å². The summed E-state index contributed by atoms with van der Waals surface area (Å²) in [5, 5.41) is 1.19. The molecule has 0 amide bonds. The second kappa shape index (κ2) is 7.09. The van der Waals surface area contributed by atoms with Crippen LogP contribution in [0.3, 0.4) is 0 Å². The first-order chi connectivity index (χ1) is 10.0. The Balaban J connectivity index is 0.00000176. The number of halogens is 1. The lowest BCUT2D eigenvalue weighted by atomic mass is 9.80. The Labute approximate surface area is 143 Å². The molecule has 5 heteroatoms. The average molecular weight is 338 g/mol. The molecule has 1 fully saturated rings. The van der Waals surface area contributed by atoms with Crippen LogP contribution in [0.15, 0.2) is 36.5 Å². The summed E-state index contributed by atoms with van der Waals surface area (Å²) in [6.45, 7) is 7.59. The predicted octanol–water partition coefficient (Wildman–Crippen LogP) is 3.79. The fraction of sp³-hybridized carbons (Fsp3) is 0.471. The van der Waals surface area contributed by atoms with Crippen molar-refractivity contribution >= 4 is 23.7 Å². The number of piperidine rings is 1. The quantitative estimate of drug-likeness (QED) is 0.926. The Morgan fingerprint density at radius 3 is 2.73 bits per heavy atom. The number of rotatable bonds is 3. The SMILES string of the molecule is CC1(C)CN(Cc2ncc(-c3ccccc3)s2)CCC1N.Cl. The summed E-state index contributed by atoms with van der Waals surface area (Å²) < 4.78 is 0. The van der Waals surface area contributed by atoms with Crippen LogP contribution in [0.5, 0.6) is 0 Å². The number of benzene rings is 1. The maximum Gasteiger partial charge on any atom is 0.107 e. The summed E-state index contributed by atoms with van der Waals surface area (Å²) in [5.41, 5.74) is 7.65. The second-order valence-corrected chi connectivity index (χ2v) is 7.69. The van der Waals surface area contributed by atoms with Gasteiger partial charge in [-0.25, -0.2) is 4.98 Å². The lowest BCUT2D eigenvalue weighted by Gasteiger charge is -2.42. The van der Waals surface area contributed by atoms with E-state index in [9.17, 15) is 0 Å². The van der Waals surface area contributed by atoms with E-state index in [1.807, 2.05) is 12.3 Å². The molecular formula is C17H24ClN3S. The van der Waals surface area contributed by atoms with Gasteiger partial charge in [-0.1, -0.05) is 44.2 Å². The summed E-state index contributed by atoms with van der Waals surface area (Å²) in [6, 6.07) is 10.8. The first-order valence-electron chi connectivity index (χ1n) is 7.53. The van der Waals surface area contributed by atoms with Crippen molar-refractivity contribution in [2.75, 3.05) is 13.1 Å². The van der Waals surface area contributed by atoms with Gasteiger partial charge in [-0.3, -0.25) is 4.90 Å². The van der Waals surface area contributed by atoms with Gasteiger partial charge in [-0.05, 0) is 17.4 Å². The van der Waals surface area contributed by atoms with E-state index in [0.717, 1.165) is 26.1 Å². The van der Waals surface area contributed by atoms with E-state index in [-0.39, 0.29) is 17.8 Å². The molecule has 1 aromatic carbocycles. The molecule has 0 spiro atoms. The number of nitrogens with zero attached hydrogens (tertiary/aromatic N) is 2. The maximum absolute atomic E-state index is 6.21. The monoisotopic (exact) mass is 337 g/mol. The number of thiazole rings is 1. The smallest absolute Gasteiger partial charge is 0.107 e. The Morgan fingerprint density at radius 1 is 1.32 bits per heavy atom. The molecule has 0 radical (unpaired) electrons. The van der Waals surface area contributed by atoms with Gasteiger partial charge in [0.15, 0.2) is 0 Å². The minimum Gasteiger partial charge on any atom is -0.327 e. The highest BCUT2D eigenvalue weighted by Crippen LogP contribution is 2.30. The molecule has 2 heterocycles. The molecule has 1 aromatic heterocycles. The molecule has 1 aliphatic heterocycles. The Morgan fingerprint density at radius 2 is 2.05 bits per heavy atom. The molecule has 3 rings (SSSR count). The van der Waals surface area contributed by atoms with Crippen molar-refractivity contribution in [3.05, 3.63) is 41.5 Å². The van der Waals surface area contributed by atoms with Gasteiger partial charge in [0.2, 0.25) is 0 Å². The molecule has 0 saturated carbocycles. The first-order valence-corrected chi connectivity index (χ1v) is 8.34. The standard InChI is InChI=1S/C17H23N3S.ClH/c1-17(2)12-20(9-8-15(17)18)11-16-19-10-14(21-16)13-6-4-3-5-7-13;/h3-7,10,15H,8-9,11-12,18H2,1-2H3;1H. The minimum absolute atomic E-state index is 0. The van der Waals surface area contributed by atoms with Crippen LogP contribution in [0.25, 0.3) is 10.4 Å². The third-order valence-corrected chi connectivity index (χ3v) is 5.39. The molecule has 0 bridgehead atoms. The van der Waals surface area contributed by atoms with E-state index >= 15 is 0 Å². The third kappa shape index (κ3) is 3.87. The molecule has 1 atom stereocenters. The predicted molar refractivity (Wildman–Crippen MR) is 96.4 cm³/mol. The van der Waals surface area contributed by atoms with Crippen LogP contribution in [-0.2, 0) is 6.54 Å². The summed E-state index contributed by atoms with van der Waals surface area (Å²) in [4.78, 5) is 8.33. The van der Waals surface area contributed by atoms with Crippen LogP contribution in [0.1, 0.15) is 25.3 Å². The van der Waals surface area contributed by atoms with Gasteiger partial charge in [0, 0.05) is 25.3 Å². The van der Waals surface area contributed by atoms with E-state index < -0.39 is 0 Å². The van der Waals surface area contributed by atoms with Crippen molar-refractivity contribution in [2.24, 2.45) is 11.1 Å². The van der Waals surface area contributed by atoms with Crippen molar-refractivity contribution < 1.29 is 0 Å². The van der Waals surface area contributed by atoms with E-state index in [2.05, 4.69) is 48.0 Å². The van der Waals surface area contributed by atoms with Crippen LogP contribution in [0.4, 0.5) is 0 Å². The normalized spacial score (nSPS) is 21.3. The van der Waals surface area contributed by atoms with Crippen molar-refractivity contribution in [1.82, 2.24) is 9.88 Å². The van der Waals surface area contributed by atoms with E-state index in [0.29, 0.717) is 6.04 Å². The lowest BCUT2D eigenvalue weighted by Crippen LogP contribution is -2.52. The van der Waals surface area contributed by atoms with Crippen molar-refractivity contribution in [3.63, 3.8) is 0 Å². The molecule has 1 unspecified atom stereocenters. The van der Waals surface area contributed by atoms with Gasteiger partial charge in [-0.15, -0.1) is 23.7 Å². The summed E-state index contributed by atoms with van der Waals surface area (Å²) in [5.74, 6) is 0. The summed E-state index contributed by atoms with van der Waals surface area (Å²) >= 11 is 1.80. The van der Waals surface area contributed by atoms with Crippen LogP contribution in [-0.4, -0.2) is 29.0 Å². The Kier molecular flexibility index (Phi) is 5.61. The minimum atomic E-state index is 0. The topological polar surface area (TPSA) is 42.2 Å². The highest BCUT2D eigenvalue weighted by molar-refractivity contribution is 7.15. The molecule has 2 N–H and O–H groups in total. The molecule has 1 aliphatic rings. The molecular weight excluding hydrogens is 314 g/mol. The maximum atomic E-state index is 6.21. The zero-order chi connectivity index (χ0) is 14.9. The highest BCUT2D eigenvalue weighted by atomic mass is 35.5. The average Bonchev–Trinajstić information content (AvgIpc) is 2.92. The Bertz CT molecular complexity index is 597. The van der Waals surface area contributed by atoms with Crippen LogP contribution < -0.4 is 5.73 Å². The summed E-state index contributed by atoms with van der Waals surface area (Å²) in [7, 11) is 0. The molecule has 120 valence electrons. The zero-order valence-corrected chi connectivity index (χ0v) is 14.8. The number of likely N-dealkylation sites (tertiary alicyclic amines) is 1. The van der Waals surface area contributed by atoms with E-state index in [4.69, 9.17) is 5.73 Å². The van der Waals surface area contributed by atoms with E-state index in [1.165, 1.54) is 15.4 Å². The van der Waals surface area contributed by atoms with Crippen molar-refractivity contribution in [1.29, 1.82) is 0 Å². The highest BCUT2D eigenvalue weighted by Gasteiger charge is 2.33. The van der Waals surface area contributed by atoms with Crippen molar-refractivity contribution in [3.8, 4) is 10.4 Å². The molecule has 22 heavy (non-hydrogen) atoms. The van der Waals surface area contributed by atoms with Crippen LogP contribution in [0, 0.1) is 5.41 Å². The third-order valence-electron chi connectivity index (χ3n) is 4.36. The van der Waals surface area contributed by atoms with Gasteiger partial charge >= 0.3 is 0 Å². The van der Waals surface area contributed by atoms with Gasteiger partial charge < -0.3 is 5.73 Å². The number of hydrogen-bond acceptors (Lipinski definition) is 4. The first kappa shape index (κ1) is 17.4. The van der Waals surface area contributed by atoms with Gasteiger partial charge in [-0.2, -0.15) is 0 Å². The second-order valence-electron chi connectivity index (χ2n) is 6.58. The van der Waals surface area contributed by atoms with Gasteiger partial charge in [0.1, 0.15) is 5.01 Å². The summed E-state index contributed by atoms with van der Waals surface area (Å²) in [6.07, 6.45) is 3.07. The largest absolute Gasteiger partial charge is 0.327 e. The molecule has 2 aromatic rings. The fourth-order valence-corrected chi connectivity index (χ4v) is 3.90.